The molecule has 3 aliphatic rings. The molecule has 0 radical (unpaired) electrons. The monoisotopic (exact) mass is 616 g/mol. The van der Waals surface area contributed by atoms with E-state index in [9.17, 15) is 34.5 Å². The lowest BCUT2D eigenvalue weighted by molar-refractivity contribution is -0.142. The SMILES string of the molecule is CC[C@H](C)[C@@H]1NC(=O)[C@@H](N)Cc2ccc(O)c(c2)-c2cc3cc(c2O)Oc2ccc(cc2)C[C@H](C(=O)O)NC(=O)[C@@H](C3)NC1=O. The molecular weight excluding hydrogens is 580 g/mol. The first-order chi connectivity index (χ1) is 21.4. The molecule has 5 atom stereocenters. The number of benzene rings is 3. The van der Waals surface area contributed by atoms with Crippen LogP contribution in [-0.4, -0.2) is 63.2 Å². The molecular formula is C33H36N4O8. The predicted octanol–water partition coefficient (Wildman–Crippen LogP) is 2.12. The number of ether oxygens (including phenoxy) is 1. The Morgan fingerprint density at radius 1 is 0.867 bits per heavy atom. The lowest BCUT2D eigenvalue weighted by Gasteiger charge is -2.28. The Bertz CT molecular complexity index is 1640. The third kappa shape index (κ3) is 6.86. The van der Waals surface area contributed by atoms with Crippen molar-refractivity contribution in [3.05, 3.63) is 71.3 Å². The van der Waals surface area contributed by atoms with E-state index in [-0.39, 0.29) is 53.6 Å². The van der Waals surface area contributed by atoms with Gasteiger partial charge in [-0.3, -0.25) is 14.4 Å². The molecule has 236 valence electrons. The second-order valence-electron chi connectivity index (χ2n) is 11.6. The minimum absolute atomic E-state index is 0.0290. The highest BCUT2D eigenvalue weighted by atomic mass is 16.5. The van der Waals surface area contributed by atoms with Crippen molar-refractivity contribution in [3.63, 3.8) is 0 Å². The summed E-state index contributed by atoms with van der Waals surface area (Å²) in [6.07, 6.45) is 0.396. The van der Waals surface area contributed by atoms with Gasteiger partial charge >= 0.3 is 5.97 Å². The smallest absolute Gasteiger partial charge is 0.326 e. The van der Waals surface area contributed by atoms with Gasteiger partial charge in [0.2, 0.25) is 17.7 Å². The molecule has 8 bridgehead atoms. The van der Waals surface area contributed by atoms with Crippen molar-refractivity contribution in [3.8, 4) is 34.1 Å². The molecule has 12 heteroatoms. The van der Waals surface area contributed by atoms with Gasteiger partial charge in [-0.25, -0.2) is 4.79 Å². The highest BCUT2D eigenvalue weighted by molar-refractivity contribution is 5.94. The number of aromatic hydroxyl groups is 2. The van der Waals surface area contributed by atoms with Gasteiger partial charge < -0.3 is 41.7 Å². The lowest BCUT2D eigenvalue weighted by atomic mass is 9.94. The Labute approximate surface area is 259 Å². The summed E-state index contributed by atoms with van der Waals surface area (Å²) in [5.41, 5.74) is 8.28. The fourth-order valence-electron chi connectivity index (χ4n) is 5.54. The van der Waals surface area contributed by atoms with Crippen LogP contribution in [-0.2, 0) is 38.4 Å². The Morgan fingerprint density at radius 3 is 2.24 bits per heavy atom. The number of carbonyl (C=O) groups is 4. The van der Waals surface area contributed by atoms with Crippen LogP contribution in [0.1, 0.15) is 37.0 Å². The number of aliphatic carboxylic acids is 1. The van der Waals surface area contributed by atoms with Crippen LogP contribution in [0.2, 0.25) is 0 Å². The molecule has 8 N–H and O–H groups in total. The van der Waals surface area contributed by atoms with Gasteiger partial charge in [-0.1, -0.05) is 38.5 Å². The molecule has 0 aromatic heterocycles. The average Bonchev–Trinajstić information content (AvgIpc) is 3.01. The van der Waals surface area contributed by atoms with Crippen LogP contribution in [0.5, 0.6) is 23.0 Å². The third-order valence-corrected chi connectivity index (χ3v) is 8.35. The second-order valence-corrected chi connectivity index (χ2v) is 11.6. The number of rotatable bonds is 3. The average molecular weight is 617 g/mol. The van der Waals surface area contributed by atoms with Crippen molar-refractivity contribution in [2.24, 2.45) is 11.7 Å². The van der Waals surface area contributed by atoms with Crippen molar-refractivity contribution in [2.45, 2.75) is 63.7 Å². The minimum Gasteiger partial charge on any atom is -0.507 e. The molecule has 3 aromatic carbocycles. The van der Waals surface area contributed by atoms with Gasteiger partial charge in [0.05, 0.1) is 6.04 Å². The zero-order chi connectivity index (χ0) is 32.4. The van der Waals surface area contributed by atoms with Crippen LogP contribution >= 0.6 is 0 Å². The van der Waals surface area contributed by atoms with Crippen molar-refractivity contribution in [2.75, 3.05) is 0 Å². The molecule has 3 aliphatic heterocycles. The summed E-state index contributed by atoms with van der Waals surface area (Å²) >= 11 is 0. The zero-order valence-electron chi connectivity index (χ0n) is 24.9. The summed E-state index contributed by atoms with van der Waals surface area (Å²) in [7, 11) is 0. The van der Waals surface area contributed by atoms with Crippen LogP contribution in [0.3, 0.4) is 0 Å². The molecule has 0 saturated heterocycles. The maximum Gasteiger partial charge on any atom is 0.326 e. The standard InChI is InChI=1S/C33H36N4O8/c1-3-16(2)28-32(42)35-24-14-19-11-22(21-10-18(6-9-26(21)38)12-23(34)30(40)37-28)29(39)27(15-19)45-20-7-4-17(5-8-20)13-25(33(43)44)36-31(24)41/h4-11,15-16,23-25,28,38-39H,3,12-14,34H2,1-2H3,(H,35,42)(H,36,41)(H,37,40)(H,43,44)/t16-,23-,24+,25+,28-/m0/s1. The number of carbonyl (C=O) groups excluding carboxylic acids is 3. The quantitative estimate of drug-likeness (QED) is 0.230. The zero-order valence-corrected chi connectivity index (χ0v) is 24.9. The molecule has 0 unspecified atom stereocenters. The molecule has 3 aromatic rings. The molecule has 0 saturated carbocycles. The highest BCUT2D eigenvalue weighted by Crippen LogP contribution is 2.44. The normalized spacial score (nSPS) is 22.6. The van der Waals surface area contributed by atoms with Gasteiger partial charge in [-0.2, -0.15) is 0 Å². The van der Waals surface area contributed by atoms with E-state index in [1.54, 1.807) is 49.4 Å². The van der Waals surface area contributed by atoms with E-state index >= 15 is 0 Å². The van der Waals surface area contributed by atoms with Gasteiger partial charge in [0.15, 0.2) is 11.5 Å². The molecule has 12 nitrogen and oxygen atoms in total. The molecule has 3 heterocycles. The largest absolute Gasteiger partial charge is 0.507 e. The van der Waals surface area contributed by atoms with Gasteiger partial charge in [0.1, 0.15) is 29.6 Å². The fourth-order valence-corrected chi connectivity index (χ4v) is 5.54. The molecule has 0 fully saturated rings. The number of phenolic OH excluding ortho intramolecular Hbond substituents is 2. The summed E-state index contributed by atoms with van der Waals surface area (Å²) in [5, 5.41) is 40.2. The van der Waals surface area contributed by atoms with Crippen LogP contribution in [0.15, 0.2) is 54.6 Å². The lowest BCUT2D eigenvalue weighted by Crippen LogP contribution is -2.59. The number of amides is 3. The van der Waals surface area contributed by atoms with E-state index in [1.807, 2.05) is 6.92 Å². The number of nitrogens with two attached hydrogens (primary N) is 1. The molecule has 3 amide bonds. The first kappa shape index (κ1) is 31.3. The Balaban J connectivity index is 1.72. The first-order valence-corrected chi connectivity index (χ1v) is 14.8. The van der Waals surface area contributed by atoms with Crippen molar-refractivity contribution < 1.29 is 39.2 Å². The number of phenols is 2. The maximum atomic E-state index is 13.7. The van der Waals surface area contributed by atoms with Gasteiger partial charge in [-0.15, -0.1) is 0 Å². The maximum absolute atomic E-state index is 13.7. The van der Waals surface area contributed by atoms with Crippen LogP contribution in [0.25, 0.3) is 11.1 Å². The second kappa shape index (κ2) is 12.9. The minimum atomic E-state index is -1.31. The summed E-state index contributed by atoms with van der Waals surface area (Å²) < 4.78 is 6.06. The van der Waals surface area contributed by atoms with E-state index in [0.717, 1.165) is 0 Å². The summed E-state index contributed by atoms with van der Waals surface area (Å²) in [4.78, 5) is 52.9. The Kier molecular flexibility index (Phi) is 8.96. The number of hydrogen-bond donors (Lipinski definition) is 7. The Hall–Kier alpha value is -5.10. The Morgan fingerprint density at radius 2 is 1.56 bits per heavy atom. The van der Waals surface area contributed by atoms with E-state index in [2.05, 4.69) is 16.0 Å². The molecule has 0 aliphatic carbocycles. The van der Waals surface area contributed by atoms with E-state index in [4.69, 9.17) is 10.5 Å². The summed E-state index contributed by atoms with van der Waals surface area (Å²) in [6, 6.07) is 9.54. The highest BCUT2D eigenvalue weighted by Gasteiger charge is 2.34. The summed E-state index contributed by atoms with van der Waals surface area (Å²) in [6.45, 7) is 3.64. The third-order valence-electron chi connectivity index (χ3n) is 8.35. The number of nitrogens with one attached hydrogen (secondary N) is 3. The number of carboxylic acid groups (broad SMARTS) is 1. The molecule has 6 rings (SSSR count). The van der Waals surface area contributed by atoms with Crippen LogP contribution in [0.4, 0.5) is 0 Å². The van der Waals surface area contributed by atoms with E-state index < -0.39 is 47.9 Å². The van der Waals surface area contributed by atoms with E-state index in [0.29, 0.717) is 28.9 Å². The van der Waals surface area contributed by atoms with Crippen LogP contribution < -0.4 is 26.4 Å². The predicted molar refractivity (Wildman–Crippen MR) is 164 cm³/mol. The fraction of sp³-hybridized carbons (Fsp3) is 0.333. The van der Waals surface area contributed by atoms with Crippen molar-refractivity contribution >= 4 is 23.7 Å². The molecule has 45 heavy (non-hydrogen) atoms. The van der Waals surface area contributed by atoms with Crippen molar-refractivity contribution in [1.82, 2.24) is 16.0 Å². The molecule has 0 spiro atoms. The number of carboxylic acids is 1. The van der Waals surface area contributed by atoms with Gasteiger partial charge in [-0.05, 0) is 65.4 Å². The summed E-state index contributed by atoms with van der Waals surface area (Å²) in [5.74, 6) is -3.67. The first-order valence-electron chi connectivity index (χ1n) is 14.8. The van der Waals surface area contributed by atoms with Crippen LogP contribution in [0, 0.1) is 5.92 Å². The van der Waals surface area contributed by atoms with E-state index in [1.165, 1.54) is 12.1 Å². The van der Waals surface area contributed by atoms with Gasteiger partial charge in [0, 0.05) is 24.0 Å². The number of hydrogen-bond acceptors (Lipinski definition) is 8. The van der Waals surface area contributed by atoms with Gasteiger partial charge in [0.25, 0.3) is 0 Å². The topological polar surface area (TPSA) is 200 Å². The number of fused-ring (bicyclic) bond motifs is 9. The van der Waals surface area contributed by atoms with Crippen molar-refractivity contribution in [1.29, 1.82) is 0 Å².